The van der Waals surface area contributed by atoms with Gasteiger partial charge in [0.15, 0.2) is 0 Å². The van der Waals surface area contributed by atoms with Gasteiger partial charge in [0, 0.05) is 33.1 Å². The number of rotatable bonds is 7. The van der Waals surface area contributed by atoms with E-state index in [9.17, 15) is 9.59 Å². The van der Waals surface area contributed by atoms with Crippen molar-refractivity contribution in [2.75, 3.05) is 33.2 Å². The normalized spacial score (nSPS) is 15.5. The van der Waals surface area contributed by atoms with E-state index in [1.807, 2.05) is 35.0 Å². The number of nitrogens with zero attached hydrogens (tertiary/aromatic N) is 2. The van der Waals surface area contributed by atoms with Crippen molar-refractivity contribution in [2.45, 2.75) is 32.7 Å². The van der Waals surface area contributed by atoms with E-state index in [0.717, 1.165) is 45.4 Å². The molecule has 2 rings (SSSR count). The highest BCUT2D eigenvalue weighted by molar-refractivity contribution is 5.77. The van der Waals surface area contributed by atoms with E-state index in [-0.39, 0.29) is 11.8 Å². The summed E-state index contributed by atoms with van der Waals surface area (Å²) in [6.07, 6.45) is 3.09. The molecule has 0 radical (unpaired) electrons. The summed E-state index contributed by atoms with van der Waals surface area (Å²) in [7, 11) is 1.96. The van der Waals surface area contributed by atoms with E-state index in [1.54, 1.807) is 6.92 Å². The standard InChI is InChI=1S/C19H29N3O2/c1-16(23)22-12-9-17(10-13-22)8-11-20-19(24)15-21(2)14-18-6-4-3-5-7-18/h3-7,17H,8-15H2,1-2H3,(H,20,24). The third-order valence-electron chi connectivity index (χ3n) is 4.64. The van der Waals surface area contributed by atoms with Crippen LogP contribution >= 0.6 is 0 Å². The van der Waals surface area contributed by atoms with Crippen LogP contribution in [0.4, 0.5) is 0 Å². The number of amides is 2. The lowest BCUT2D eigenvalue weighted by Crippen LogP contribution is -2.39. The number of piperidine rings is 1. The maximum absolute atomic E-state index is 12.0. The monoisotopic (exact) mass is 331 g/mol. The maximum Gasteiger partial charge on any atom is 0.234 e. The molecule has 1 saturated heterocycles. The highest BCUT2D eigenvalue weighted by atomic mass is 16.2. The zero-order valence-corrected chi connectivity index (χ0v) is 14.8. The Labute approximate surface area is 145 Å². The van der Waals surface area contributed by atoms with Gasteiger partial charge in [0.1, 0.15) is 0 Å². The predicted octanol–water partition coefficient (Wildman–Crippen LogP) is 1.88. The second-order valence-electron chi connectivity index (χ2n) is 6.75. The molecule has 1 fully saturated rings. The van der Waals surface area contributed by atoms with Gasteiger partial charge in [-0.3, -0.25) is 14.5 Å². The summed E-state index contributed by atoms with van der Waals surface area (Å²) in [6, 6.07) is 10.2. The SMILES string of the molecule is CC(=O)N1CCC(CCNC(=O)CN(C)Cc2ccccc2)CC1. The third kappa shape index (κ3) is 6.32. The summed E-state index contributed by atoms with van der Waals surface area (Å²) in [4.78, 5) is 27.3. The first-order valence-electron chi connectivity index (χ1n) is 8.79. The molecule has 1 aromatic rings. The van der Waals surface area contributed by atoms with Crippen molar-refractivity contribution in [3.63, 3.8) is 0 Å². The van der Waals surface area contributed by atoms with Gasteiger partial charge in [0.25, 0.3) is 0 Å². The molecule has 0 atom stereocenters. The predicted molar refractivity (Wildman–Crippen MR) is 95.4 cm³/mol. The summed E-state index contributed by atoms with van der Waals surface area (Å²) in [5, 5.41) is 3.02. The van der Waals surface area contributed by atoms with Crippen LogP contribution in [0.1, 0.15) is 31.7 Å². The molecule has 1 aliphatic heterocycles. The molecule has 0 spiro atoms. The molecule has 1 aliphatic rings. The summed E-state index contributed by atoms with van der Waals surface area (Å²) in [5.74, 6) is 0.862. The molecule has 1 aromatic carbocycles. The lowest BCUT2D eigenvalue weighted by Gasteiger charge is -2.31. The van der Waals surface area contributed by atoms with E-state index in [2.05, 4.69) is 17.4 Å². The average molecular weight is 331 g/mol. The van der Waals surface area contributed by atoms with Crippen LogP contribution in [0.2, 0.25) is 0 Å². The lowest BCUT2D eigenvalue weighted by atomic mass is 9.93. The van der Waals surface area contributed by atoms with Crippen molar-refractivity contribution >= 4 is 11.8 Å². The highest BCUT2D eigenvalue weighted by Gasteiger charge is 2.20. The van der Waals surface area contributed by atoms with Gasteiger partial charge in [-0.1, -0.05) is 30.3 Å². The second-order valence-corrected chi connectivity index (χ2v) is 6.75. The smallest absolute Gasteiger partial charge is 0.234 e. The number of hydrogen-bond donors (Lipinski definition) is 1. The van der Waals surface area contributed by atoms with Crippen LogP contribution in [0.5, 0.6) is 0 Å². The Bertz CT molecular complexity index is 525. The van der Waals surface area contributed by atoms with Gasteiger partial charge >= 0.3 is 0 Å². The van der Waals surface area contributed by atoms with Crippen molar-refractivity contribution in [3.05, 3.63) is 35.9 Å². The maximum atomic E-state index is 12.0. The van der Waals surface area contributed by atoms with Crippen LogP contribution in [0.25, 0.3) is 0 Å². The van der Waals surface area contributed by atoms with Gasteiger partial charge in [-0.2, -0.15) is 0 Å². The van der Waals surface area contributed by atoms with Gasteiger partial charge in [0.05, 0.1) is 6.54 Å². The Kier molecular flexibility index (Phi) is 7.25. The molecule has 5 nitrogen and oxygen atoms in total. The number of benzene rings is 1. The van der Waals surface area contributed by atoms with E-state index in [1.165, 1.54) is 5.56 Å². The van der Waals surface area contributed by atoms with E-state index >= 15 is 0 Å². The van der Waals surface area contributed by atoms with Gasteiger partial charge in [-0.15, -0.1) is 0 Å². The number of carbonyl (C=O) groups is 2. The minimum atomic E-state index is 0.0783. The Morgan fingerprint density at radius 3 is 2.50 bits per heavy atom. The molecule has 0 aromatic heterocycles. The molecule has 0 unspecified atom stereocenters. The molecule has 132 valence electrons. The van der Waals surface area contributed by atoms with Gasteiger partial charge in [0.2, 0.25) is 11.8 Å². The molecular weight excluding hydrogens is 302 g/mol. The molecule has 5 heteroatoms. The molecular formula is C19H29N3O2. The van der Waals surface area contributed by atoms with E-state index in [0.29, 0.717) is 12.5 Å². The van der Waals surface area contributed by atoms with Crippen molar-refractivity contribution in [1.82, 2.24) is 15.1 Å². The number of hydrogen-bond acceptors (Lipinski definition) is 3. The molecule has 2 amide bonds. The molecule has 24 heavy (non-hydrogen) atoms. The van der Waals surface area contributed by atoms with Crippen LogP contribution in [0.3, 0.4) is 0 Å². The van der Waals surface area contributed by atoms with E-state index < -0.39 is 0 Å². The first-order chi connectivity index (χ1) is 11.5. The highest BCUT2D eigenvalue weighted by Crippen LogP contribution is 2.19. The van der Waals surface area contributed by atoms with Crippen LogP contribution in [0, 0.1) is 5.92 Å². The zero-order valence-electron chi connectivity index (χ0n) is 14.8. The summed E-state index contributed by atoms with van der Waals surface area (Å²) in [5.41, 5.74) is 1.21. The Balaban J connectivity index is 1.59. The van der Waals surface area contributed by atoms with E-state index in [4.69, 9.17) is 0 Å². The third-order valence-corrected chi connectivity index (χ3v) is 4.64. The topological polar surface area (TPSA) is 52.7 Å². The minimum absolute atomic E-state index is 0.0783. The van der Waals surface area contributed by atoms with Gasteiger partial charge in [-0.25, -0.2) is 0 Å². The summed E-state index contributed by atoms with van der Waals surface area (Å²) in [6.45, 7) is 5.26. The molecule has 0 bridgehead atoms. The number of likely N-dealkylation sites (tertiary alicyclic amines) is 1. The largest absolute Gasteiger partial charge is 0.355 e. The lowest BCUT2D eigenvalue weighted by molar-refractivity contribution is -0.130. The van der Waals surface area contributed by atoms with Crippen molar-refractivity contribution < 1.29 is 9.59 Å². The van der Waals surface area contributed by atoms with Crippen LogP contribution in [-0.2, 0) is 16.1 Å². The van der Waals surface area contributed by atoms with Crippen LogP contribution in [0.15, 0.2) is 30.3 Å². The fourth-order valence-electron chi connectivity index (χ4n) is 3.20. The minimum Gasteiger partial charge on any atom is -0.355 e. The first-order valence-corrected chi connectivity index (χ1v) is 8.79. The second kappa shape index (κ2) is 9.42. The average Bonchev–Trinajstić information content (AvgIpc) is 2.56. The molecule has 0 aliphatic carbocycles. The molecule has 1 N–H and O–H groups in total. The number of nitrogens with one attached hydrogen (secondary N) is 1. The summed E-state index contributed by atoms with van der Waals surface area (Å²) >= 11 is 0. The molecule has 1 heterocycles. The Morgan fingerprint density at radius 1 is 1.21 bits per heavy atom. The van der Waals surface area contributed by atoms with Crippen LogP contribution in [-0.4, -0.2) is 54.8 Å². The van der Waals surface area contributed by atoms with Gasteiger partial charge in [-0.05, 0) is 37.8 Å². The summed E-state index contributed by atoms with van der Waals surface area (Å²) < 4.78 is 0. The number of likely N-dealkylation sites (N-methyl/N-ethyl adjacent to an activating group) is 1. The molecule has 0 saturated carbocycles. The van der Waals surface area contributed by atoms with Crippen molar-refractivity contribution in [2.24, 2.45) is 5.92 Å². The quantitative estimate of drug-likeness (QED) is 0.830. The van der Waals surface area contributed by atoms with Crippen molar-refractivity contribution in [1.29, 1.82) is 0 Å². The van der Waals surface area contributed by atoms with Crippen LogP contribution < -0.4 is 5.32 Å². The zero-order chi connectivity index (χ0) is 17.4. The first kappa shape index (κ1) is 18.5. The van der Waals surface area contributed by atoms with Crippen molar-refractivity contribution in [3.8, 4) is 0 Å². The fourth-order valence-corrected chi connectivity index (χ4v) is 3.20. The number of carbonyl (C=O) groups excluding carboxylic acids is 2. The Hall–Kier alpha value is -1.88. The Morgan fingerprint density at radius 2 is 1.88 bits per heavy atom. The fraction of sp³-hybridized carbons (Fsp3) is 0.579. The van der Waals surface area contributed by atoms with Gasteiger partial charge < -0.3 is 10.2 Å².